The third kappa shape index (κ3) is 2.00. The average Bonchev–Trinajstić information content (AvgIpc) is 1.92. The molecule has 0 aliphatic heterocycles. The summed E-state index contributed by atoms with van der Waals surface area (Å²) in [5.41, 5.74) is 0.796. The summed E-state index contributed by atoms with van der Waals surface area (Å²) in [6.07, 6.45) is 0. The molecule has 0 aliphatic rings. The van der Waals surface area contributed by atoms with Crippen LogP contribution in [0.15, 0.2) is 28.0 Å². The number of benzene rings is 1. The summed E-state index contributed by atoms with van der Waals surface area (Å²) < 4.78 is 21.7. The van der Waals surface area contributed by atoms with Gasteiger partial charge in [-0.05, 0) is 30.7 Å². The molecule has 0 radical (unpaired) electrons. The summed E-state index contributed by atoms with van der Waals surface area (Å²) in [5.74, 6) is 0. The summed E-state index contributed by atoms with van der Waals surface area (Å²) in [5, 5.41) is 4.92. The van der Waals surface area contributed by atoms with Gasteiger partial charge in [0.2, 0.25) is 10.0 Å². The molecular formula is C7H9NO2S2. The van der Waals surface area contributed by atoms with Crippen LogP contribution in [0.1, 0.15) is 5.56 Å². The molecule has 3 nitrogen and oxygen atoms in total. The predicted octanol–water partition coefficient (Wildman–Crippen LogP) is 0.931. The fourth-order valence-electron chi connectivity index (χ4n) is 0.805. The first kappa shape index (κ1) is 9.57. The maximum absolute atomic E-state index is 10.8. The normalized spacial score (nSPS) is 11.6. The van der Waals surface area contributed by atoms with E-state index in [-0.39, 0.29) is 4.90 Å². The Bertz CT molecular complexity index is 398. The number of thiol groups is 1. The SMILES string of the molecule is Cc1cc(S(N)(=O)=O)ccc1S. The monoisotopic (exact) mass is 203 g/mol. The molecule has 0 aromatic heterocycles. The Kier molecular flexibility index (Phi) is 2.46. The van der Waals surface area contributed by atoms with Gasteiger partial charge in [0.15, 0.2) is 0 Å². The van der Waals surface area contributed by atoms with Crippen LogP contribution in [0.25, 0.3) is 0 Å². The molecule has 1 aromatic rings. The molecule has 0 unspecified atom stereocenters. The van der Waals surface area contributed by atoms with Crippen molar-refractivity contribution in [1.82, 2.24) is 0 Å². The van der Waals surface area contributed by atoms with Gasteiger partial charge in [0.05, 0.1) is 4.90 Å². The number of hydrogen-bond donors (Lipinski definition) is 2. The molecule has 0 heterocycles. The summed E-state index contributed by atoms with van der Waals surface area (Å²) >= 11 is 4.11. The standard InChI is InChI=1S/C7H9NO2S2/c1-5-4-6(12(8,9)10)2-3-7(5)11/h2-4,11H,1H3,(H2,8,9,10). The van der Waals surface area contributed by atoms with Crippen LogP contribution in [-0.2, 0) is 10.0 Å². The Labute approximate surface area is 77.1 Å². The van der Waals surface area contributed by atoms with Crippen molar-refractivity contribution in [3.05, 3.63) is 23.8 Å². The van der Waals surface area contributed by atoms with Gasteiger partial charge in [-0.25, -0.2) is 13.6 Å². The molecule has 2 N–H and O–H groups in total. The highest BCUT2D eigenvalue weighted by Crippen LogP contribution is 2.16. The van der Waals surface area contributed by atoms with Gasteiger partial charge in [-0.1, -0.05) is 0 Å². The summed E-state index contributed by atoms with van der Waals surface area (Å²) in [4.78, 5) is 0.875. The molecule has 66 valence electrons. The zero-order valence-electron chi connectivity index (χ0n) is 6.48. The van der Waals surface area contributed by atoms with Crippen molar-refractivity contribution in [3.8, 4) is 0 Å². The van der Waals surface area contributed by atoms with Crippen LogP contribution in [0.3, 0.4) is 0 Å². The number of nitrogens with two attached hydrogens (primary N) is 1. The molecule has 0 spiro atoms. The summed E-state index contributed by atoms with van der Waals surface area (Å²) in [6.45, 7) is 1.77. The van der Waals surface area contributed by atoms with E-state index in [1.807, 2.05) is 0 Å². The van der Waals surface area contributed by atoms with E-state index in [0.29, 0.717) is 0 Å². The summed E-state index contributed by atoms with van der Waals surface area (Å²) in [6, 6.07) is 4.54. The predicted molar refractivity (Wildman–Crippen MR) is 49.8 cm³/mol. The van der Waals surface area contributed by atoms with E-state index in [1.54, 1.807) is 13.0 Å². The molecule has 0 bridgehead atoms. The molecule has 0 fully saturated rings. The second-order valence-corrected chi connectivity index (χ2v) is 4.54. The minimum atomic E-state index is -3.58. The number of hydrogen-bond acceptors (Lipinski definition) is 3. The van der Waals surface area contributed by atoms with Crippen molar-refractivity contribution in [1.29, 1.82) is 0 Å². The molecule has 0 amide bonds. The molecule has 0 aliphatic carbocycles. The van der Waals surface area contributed by atoms with Crippen LogP contribution in [0.4, 0.5) is 0 Å². The fourth-order valence-corrected chi connectivity index (χ4v) is 1.54. The van der Waals surface area contributed by atoms with E-state index in [2.05, 4.69) is 12.6 Å². The lowest BCUT2D eigenvalue weighted by molar-refractivity contribution is 0.597. The van der Waals surface area contributed by atoms with E-state index in [0.717, 1.165) is 10.5 Å². The van der Waals surface area contributed by atoms with Crippen LogP contribution in [-0.4, -0.2) is 8.42 Å². The highest BCUT2D eigenvalue weighted by molar-refractivity contribution is 7.89. The fraction of sp³-hybridized carbons (Fsp3) is 0.143. The smallest absolute Gasteiger partial charge is 0.225 e. The van der Waals surface area contributed by atoms with Crippen LogP contribution in [0, 0.1) is 6.92 Å². The van der Waals surface area contributed by atoms with Crippen molar-refractivity contribution >= 4 is 22.7 Å². The molecule has 1 aromatic carbocycles. The number of rotatable bonds is 1. The van der Waals surface area contributed by atoms with Crippen LogP contribution >= 0.6 is 12.6 Å². The molecule has 0 saturated heterocycles. The Balaban J connectivity index is 3.33. The Morgan fingerprint density at radius 2 is 2.00 bits per heavy atom. The van der Waals surface area contributed by atoms with Crippen molar-refractivity contribution in [2.24, 2.45) is 5.14 Å². The zero-order valence-corrected chi connectivity index (χ0v) is 8.19. The largest absolute Gasteiger partial charge is 0.238 e. The first-order valence-electron chi connectivity index (χ1n) is 3.23. The molecule has 5 heteroatoms. The van der Waals surface area contributed by atoms with E-state index in [4.69, 9.17) is 5.14 Å². The van der Waals surface area contributed by atoms with Crippen LogP contribution in [0.2, 0.25) is 0 Å². The number of aryl methyl sites for hydroxylation is 1. The van der Waals surface area contributed by atoms with E-state index in [1.165, 1.54) is 12.1 Å². The van der Waals surface area contributed by atoms with Gasteiger partial charge in [-0.3, -0.25) is 0 Å². The van der Waals surface area contributed by atoms with Crippen molar-refractivity contribution < 1.29 is 8.42 Å². The minimum absolute atomic E-state index is 0.123. The maximum atomic E-state index is 10.8. The first-order valence-corrected chi connectivity index (χ1v) is 5.23. The Morgan fingerprint density at radius 1 is 1.42 bits per heavy atom. The second kappa shape index (κ2) is 3.08. The summed E-state index contributed by atoms with van der Waals surface area (Å²) in [7, 11) is -3.58. The van der Waals surface area contributed by atoms with Crippen LogP contribution in [0.5, 0.6) is 0 Å². The molecule has 1 rings (SSSR count). The van der Waals surface area contributed by atoms with Gasteiger partial charge >= 0.3 is 0 Å². The topological polar surface area (TPSA) is 60.2 Å². The van der Waals surface area contributed by atoms with Gasteiger partial charge in [0, 0.05) is 4.90 Å². The highest BCUT2D eigenvalue weighted by Gasteiger charge is 2.07. The third-order valence-electron chi connectivity index (χ3n) is 1.50. The van der Waals surface area contributed by atoms with Gasteiger partial charge < -0.3 is 0 Å². The van der Waals surface area contributed by atoms with E-state index >= 15 is 0 Å². The highest BCUT2D eigenvalue weighted by atomic mass is 32.2. The number of sulfonamides is 1. The van der Waals surface area contributed by atoms with Gasteiger partial charge in [-0.2, -0.15) is 0 Å². The van der Waals surface area contributed by atoms with Crippen LogP contribution < -0.4 is 5.14 Å². The Morgan fingerprint density at radius 3 is 2.42 bits per heavy atom. The van der Waals surface area contributed by atoms with Gasteiger partial charge in [-0.15, -0.1) is 12.6 Å². The lowest BCUT2D eigenvalue weighted by Crippen LogP contribution is -2.12. The van der Waals surface area contributed by atoms with Gasteiger partial charge in [0.1, 0.15) is 0 Å². The van der Waals surface area contributed by atoms with Crippen molar-refractivity contribution in [3.63, 3.8) is 0 Å². The van der Waals surface area contributed by atoms with E-state index < -0.39 is 10.0 Å². The number of primary sulfonamides is 1. The van der Waals surface area contributed by atoms with E-state index in [9.17, 15) is 8.42 Å². The van der Waals surface area contributed by atoms with Gasteiger partial charge in [0.25, 0.3) is 0 Å². The Hall–Kier alpha value is -0.520. The molecule has 12 heavy (non-hydrogen) atoms. The lowest BCUT2D eigenvalue weighted by Gasteiger charge is -2.01. The lowest BCUT2D eigenvalue weighted by atomic mass is 10.2. The molecular weight excluding hydrogens is 194 g/mol. The first-order chi connectivity index (χ1) is 5.41. The zero-order chi connectivity index (χ0) is 9.35. The van der Waals surface area contributed by atoms with Crippen molar-refractivity contribution in [2.45, 2.75) is 16.7 Å². The maximum Gasteiger partial charge on any atom is 0.238 e. The minimum Gasteiger partial charge on any atom is -0.225 e. The second-order valence-electron chi connectivity index (χ2n) is 2.49. The average molecular weight is 203 g/mol. The third-order valence-corrected chi connectivity index (χ3v) is 2.91. The van der Waals surface area contributed by atoms with Crippen molar-refractivity contribution in [2.75, 3.05) is 0 Å². The molecule has 0 atom stereocenters. The quantitative estimate of drug-likeness (QED) is 0.667. The molecule has 0 saturated carbocycles.